The van der Waals surface area contributed by atoms with Crippen LogP contribution in [0.1, 0.15) is 30.1 Å². The van der Waals surface area contributed by atoms with Crippen LogP contribution < -0.4 is 5.32 Å². The molecule has 29 heavy (non-hydrogen) atoms. The normalized spacial score (nSPS) is 13.2. The lowest BCUT2D eigenvalue weighted by molar-refractivity contribution is 0.0275. The van der Waals surface area contributed by atoms with Crippen molar-refractivity contribution in [3.63, 3.8) is 0 Å². The molecule has 1 aromatic heterocycles. The number of rotatable bonds is 10. The van der Waals surface area contributed by atoms with Gasteiger partial charge in [-0.1, -0.05) is 5.92 Å². The van der Waals surface area contributed by atoms with Gasteiger partial charge in [0.25, 0.3) is 6.43 Å². The van der Waals surface area contributed by atoms with Gasteiger partial charge in [0.05, 0.1) is 12.1 Å². The second-order valence-electron chi connectivity index (χ2n) is 6.55. The minimum Gasteiger partial charge on any atom is -0.462 e. The Hall–Kier alpha value is -2.73. The second-order valence-corrected chi connectivity index (χ2v) is 6.55. The van der Waals surface area contributed by atoms with Gasteiger partial charge in [0.15, 0.2) is 0 Å². The van der Waals surface area contributed by atoms with Gasteiger partial charge in [-0.3, -0.25) is 0 Å². The van der Waals surface area contributed by atoms with E-state index in [4.69, 9.17) is 9.84 Å². The van der Waals surface area contributed by atoms with Gasteiger partial charge in [-0.2, -0.15) is 0 Å². The van der Waals surface area contributed by atoms with Crippen molar-refractivity contribution >= 4 is 16.9 Å². The van der Waals surface area contributed by atoms with Crippen LogP contribution in [-0.4, -0.2) is 47.4 Å². The summed E-state index contributed by atoms with van der Waals surface area (Å²) in [5, 5.41) is 11.8. The van der Waals surface area contributed by atoms with Crippen molar-refractivity contribution in [2.24, 2.45) is 0 Å². The van der Waals surface area contributed by atoms with Crippen LogP contribution >= 0.6 is 0 Å². The van der Waals surface area contributed by atoms with E-state index in [9.17, 15) is 22.4 Å². The zero-order valence-corrected chi connectivity index (χ0v) is 15.8. The maximum absolute atomic E-state index is 13.7. The molecule has 0 bridgehead atoms. The van der Waals surface area contributed by atoms with Crippen LogP contribution in [0.5, 0.6) is 0 Å². The quantitative estimate of drug-likeness (QED) is 0.354. The van der Waals surface area contributed by atoms with E-state index >= 15 is 0 Å². The Morgan fingerprint density at radius 2 is 2.14 bits per heavy atom. The molecule has 0 radical (unpaired) electrons. The van der Waals surface area contributed by atoms with E-state index in [0.29, 0.717) is 0 Å². The van der Waals surface area contributed by atoms with Crippen molar-refractivity contribution in [1.29, 1.82) is 0 Å². The Morgan fingerprint density at radius 3 is 2.79 bits per heavy atom. The first kappa shape index (κ1) is 22.6. The van der Waals surface area contributed by atoms with Crippen LogP contribution in [0.3, 0.4) is 0 Å². The number of carbonyl (C=O) groups excluding carboxylic acids is 1. The Bertz CT molecular complexity index is 889. The maximum atomic E-state index is 13.7. The lowest BCUT2D eigenvalue weighted by atomic mass is 10.1. The molecule has 0 amide bonds. The molecule has 5 nitrogen and oxygen atoms in total. The molecular formula is C20H22F4N2O3. The highest BCUT2D eigenvalue weighted by Crippen LogP contribution is 2.25. The number of aliphatic hydroxyl groups excluding tert-OH is 1. The van der Waals surface area contributed by atoms with Crippen molar-refractivity contribution in [1.82, 2.24) is 9.88 Å². The molecular weight excluding hydrogens is 392 g/mol. The van der Waals surface area contributed by atoms with E-state index in [1.54, 1.807) is 13.0 Å². The van der Waals surface area contributed by atoms with Crippen molar-refractivity contribution < 1.29 is 32.2 Å². The summed E-state index contributed by atoms with van der Waals surface area (Å²) < 4.78 is 58.3. The molecule has 2 rings (SSSR count). The van der Waals surface area contributed by atoms with Crippen molar-refractivity contribution in [2.75, 3.05) is 13.2 Å². The average Bonchev–Trinajstić information content (AvgIpc) is 3.01. The third-order valence-corrected chi connectivity index (χ3v) is 4.28. The van der Waals surface area contributed by atoms with Crippen LogP contribution in [0.15, 0.2) is 24.4 Å². The Morgan fingerprint density at radius 1 is 1.38 bits per heavy atom. The summed E-state index contributed by atoms with van der Waals surface area (Å²) in [5.41, 5.74) is 0.231. The zero-order chi connectivity index (χ0) is 21.4. The van der Waals surface area contributed by atoms with Gasteiger partial charge in [-0.15, -0.1) is 0 Å². The number of hydrogen-bond donors (Lipinski definition) is 2. The molecule has 2 aromatic rings. The van der Waals surface area contributed by atoms with Crippen molar-refractivity contribution in [3.8, 4) is 12.0 Å². The number of alkyl halides is 3. The Labute approximate surface area is 165 Å². The number of benzene rings is 1. The maximum Gasteiger partial charge on any atom is 0.340 e. The number of carbonyl (C=O) groups is 1. The molecule has 9 heteroatoms. The monoisotopic (exact) mass is 414 g/mol. The van der Waals surface area contributed by atoms with Gasteiger partial charge < -0.3 is 19.7 Å². The fraction of sp³-hybridized carbons (Fsp3) is 0.450. The zero-order valence-electron chi connectivity index (χ0n) is 15.8. The molecule has 2 N–H and O–H groups in total. The molecule has 0 aliphatic heterocycles. The molecule has 0 saturated heterocycles. The topological polar surface area (TPSA) is 63.5 Å². The minimum absolute atomic E-state index is 0.0217. The molecule has 0 aliphatic carbocycles. The number of ether oxygens (including phenoxy) is 1. The number of esters is 1. The largest absolute Gasteiger partial charge is 0.462 e. The standard InChI is InChI=1S/C20H22F4N2O3/c1-13(25-7-6-21)9-15(3-2-8-27)29-20(28)17-11-26(12-19(23)24)18-5-4-14(22)10-16(17)18/h4-5,10-11,13,15,19,25,27H,3,6-7,9,12H2,1H3. The number of aromatic nitrogens is 1. The lowest BCUT2D eigenvalue weighted by Gasteiger charge is -2.20. The van der Waals surface area contributed by atoms with E-state index in [1.165, 1.54) is 16.8 Å². The average molecular weight is 414 g/mol. The van der Waals surface area contributed by atoms with Crippen molar-refractivity contribution in [2.45, 2.75) is 44.9 Å². The summed E-state index contributed by atoms with van der Waals surface area (Å²) in [4.78, 5) is 12.7. The van der Waals surface area contributed by atoms with E-state index in [1.807, 2.05) is 0 Å². The summed E-state index contributed by atoms with van der Waals surface area (Å²) >= 11 is 0. The second kappa shape index (κ2) is 10.7. The molecule has 158 valence electrons. The molecule has 1 heterocycles. The fourth-order valence-corrected chi connectivity index (χ4v) is 3.06. The highest BCUT2D eigenvalue weighted by Gasteiger charge is 2.23. The number of nitrogens with zero attached hydrogens (tertiary/aromatic N) is 1. The van der Waals surface area contributed by atoms with Gasteiger partial charge >= 0.3 is 5.97 Å². The predicted octanol–water partition coefficient (Wildman–Crippen LogP) is 3.63. The lowest BCUT2D eigenvalue weighted by Crippen LogP contribution is -2.33. The number of halogens is 4. The first-order valence-electron chi connectivity index (χ1n) is 9.04. The third kappa shape index (κ3) is 6.39. The molecule has 0 aliphatic rings. The molecule has 1 aromatic carbocycles. The van der Waals surface area contributed by atoms with Crippen LogP contribution in [0.4, 0.5) is 17.6 Å². The number of fused-ring (bicyclic) bond motifs is 1. The summed E-state index contributed by atoms with van der Waals surface area (Å²) in [7, 11) is 0. The van der Waals surface area contributed by atoms with E-state index < -0.39 is 37.5 Å². The van der Waals surface area contributed by atoms with Crippen molar-refractivity contribution in [3.05, 3.63) is 35.8 Å². The van der Waals surface area contributed by atoms with Crippen LogP contribution in [-0.2, 0) is 11.3 Å². The number of aliphatic hydroxyl groups is 1. The predicted molar refractivity (Wildman–Crippen MR) is 99.5 cm³/mol. The van der Waals surface area contributed by atoms with Gasteiger partial charge in [0.2, 0.25) is 0 Å². The first-order chi connectivity index (χ1) is 13.8. The minimum atomic E-state index is -2.66. The molecule has 2 atom stereocenters. The van der Waals surface area contributed by atoms with Crippen LogP contribution in [0.25, 0.3) is 10.9 Å². The van der Waals surface area contributed by atoms with Gasteiger partial charge in [-0.25, -0.2) is 22.4 Å². The van der Waals surface area contributed by atoms with E-state index in [0.717, 1.165) is 12.1 Å². The fourth-order valence-electron chi connectivity index (χ4n) is 3.06. The number of nitrogens with one attached hydrogen (secondary N) is 1. The van der Waals surface area contributed by atoms with Crippen LogP contribution in [0, 0.1) is 17.8 Å². The molecule has 0 saturated carbocycles. The highest BCUT2D eigenvalue weighted by molar-refractivity contribution is 6.04. The van der Waals surface area contributed by atoms with Crippen LogP contribution in [0.2, 0.25) is 0 Å². The number of hydrogen-bond acceptors (Lipinski definition) is 4. The van der Waals surface area contributed by atoms with E-state index in [2.05, 4.69) is 11.2 Å². The smallest absolute Gasteiger partial charge is 0.340 e. The summed E-state index contributed by atoms with van der Waals surface area (Å²) in [6, 6.07) is 3.32. The molecule has 2 unspecified atom stereocenters. The van der Waals surface area contributed by atoms with E-state index in [-0.39, 0.29) is 41.9 Å². The molecule has 0 spiro atoms. The summed E-state index contributed by atoms with van der Waals surface area (Å²) in [6.07, 6.45) is -0.160. The van der Waals surface area contributed by atoms with Gasteiger partial charge in [0, 0.05) is 42.5 Å². The first-order valence-corrected chi connectivity index (χ1v) is 9.04. The SMILES string of the molecule is CC(CC(CC#CO)OC(=O)c1cn(CC(F)F)c2ccc(F)cc12)NCCF. The Kier molecular flexibility index (Phi) is 8.34. The van der Waals surface area contributed by atoms with Gasteiger partial charge in [-0.05, 0) is 25.1 Å². The Balaban J connectivity index is 2.26. The van der Waals surface area contributed by atoms with Gasteiger partial charge in [0.1, 0.15) is 24.7 Å². The summed E-state index contributed by atoms with van der Waals surface area (Å²) in [5.74, 6) is 0.966. The third-order valence-electron chi connectivity index (χ3n) is 4.28. The summed E-state index contributed by atoms with van der Waals surface area (Å²) in [6.45, 7) is 0.695. The highest BCUT2D eigenvalue weighted by atomic mass is 19.3. The molecule has 0 fully saturated rings.